The van der Waals surface area contributed by atoms with E-state index in [9.17, 15) is 9.59 Å². The number of pyridine rings is 2. The standard InChI is InChI=1S/C21H19Cl2N5O3/c22-14-3-13-5-16(26-18(13)25-6-14)19(29)27-17(4-12-1-2-24-7-15(12)23)20(30)28-8-21(9-28)10-31-11-21/h1-3,5-7,17H,4,8-11H2,(H,25,26)(H,27,29). The lowest BCUT2D eigenvalue weighted by atomic mass is 9.77. The molecule has 31 heavy (non-hydrogen) atoms. The zero-order chi connectivity index (χ0) is 21.6. The molecule has 160 valence electrons. The van der Waals surface area contributed by atoms with E-state index in [-0.39, 0.29) is 17.7 Å². The van der Waals surface area contributed by atoms with Crippen molar-refractivity contribution in [2.24, 2.45) is 5.41 Å². The van der Waals surface area contributed by atoms with Gasteiger partial charge in [-0.05, 0) is 23.8 Å². The normalized spacial score (nSPS) is 17.8. The van der Waals surface area contributed by atoms with Crippen molar-refractivity contribution in [3.8, 4) is 0 Å². The second-order valence-corrected chi connectivity index (χ2v) is 9.00. The van der Waals surface area contributed by atoms with Gasteiger partial charge in [-0.15, -0.1) is 0 Å². The second-order valence-electron chi connectivity index (χ2n) is 8.16. The number of hydrogen-bond donors (Lipinski definition) is 2. The zero-order valence-electron chi connectivity index (χ0n) is 16.4. The van der Waals surface area contributed by atoms with Gasteiger partial charge >= 0.3 is 0 Å². The Bertz CT molecular complexity index is 1170. The number of rotatable bonds is 5. The van der Waals surface area contributed by atoms with Gasteiger partial charge in [0.1, 0.15) is 17.4 Å². The van der Waals surface area contributed by atoms with Crippen LogP contribution in [0.3, 0.4) is 0 Å². The molecule has 0 aliphatic carbocycles. The predicted molar refractivity (Wildman–Crippen MR) is 115 cm³/mol. The molecule has 3 aromatic heterocycles. The largest absolute Gasteiger partial charge is 0.380 e. The number of carbonyl (C=O) groups is 2. The Balaban J connectivity index is 1.36. The molecule has 1 unspecified atom stereocenters. The third-order valence-electron chi connectivity index (χ3n) is 5.75. The van der Waals surface area contributed by atoms with Gasteiger partial charge in [-0.2, -0.15) is 0 Å². The van der Waals surface area contributed by atoms with E-state index in [4.69, 9.17) is 27.9 Å². The Kier molecular flexibility index (Phi) is 5.08. The predicted octanol–water partition coefficient (Wildman–Crippen LogP) is 2.46. The number of likely N-dealkylation sites (tertiary alicyclic amines) is 1. The Morgan fingerprint density at radius 2 is 2.06 bits per heavy atom. The van der Waals surface area contributed by atoms with Gasteiger partial charge in [0.25, 0.3) is 5.91 Å². The minimum absolute atomic E-state index is 0.0840. The molecule has 0 aromatic carbocycles. The number of aromatic nitrogens is 3. The van der Waals surface area contributed by atoms with Crippen molar-refractivity contribution < 1.29 is 14.3 Å². The van der Waals surface area contributed by atoms with E-state index in [1.807, 2.05) is 0 Å². The summed E-state index contributed by atoms with van der Waals surface area (Å²) >= 11 is 12.2. The monoisotopic (exact) mass is 459 g/mol. The van der Waals surface area contributed by atoms with E-state index < -0.39 is 11.9 Å². The van der Waals surface area contributed by atoms with Crippen molar-refractivity contribution in [3.05, 3.63) is 58.1 Å². The molecule has 10 heteroatoms. The maximum Gasteiger partial charge on any atom is 0.268 e. The summed E-state index contributed by atoms with van der Waals surface area (Å²) in [6.45, 7) is 2.62. The molecular formula is C21H19Cl2N5O3. The lowest BCUT2D eigenvalue weighted by Crippen LogP contribution is -2.69. The number of hydrogen-bond acceptors (Lipinski definition) is 5. The fourth-order valence-corrected chi connectivity index (χ4v) is 4.41. The first-order valence-corrected chi connectivity index (χ1v) is 10.6. The van der Waals surface area contributed by atoms with Crippen LogP contribution < -0.4 is 5.32 Å². The van der Waals surface area contributed by atoms with Gasteiger partial charge in [-0.25, -0.2) is 4.98 Å². The number of amides is 2. The Morgan fingerprint density at radius 1 is 1.26 bits per heavy atom. The van der Waals surface area contributed by atoms with E-state index in [2.05, 4.69) is 20.3 Å². The van der Waals surface area contributed by atoms with Gasteiger partial charge in [0.2, 0.25) is 5.91 Å². The topological polar surface area (TPSA) is 100 Å². The van der Waals surface area contributed by atoms with Crippen LogP contribution >= 0.6 is 23.2 Å². The van der Waals surface area contributed by atoms with Crippen molar-refractivity contribution in [1.82, 2.24) is 25.2 Å². The lowest BCUT2D eigenvalue weighted by molar-refractivity contribution is -0.196. The summed E-state index contributed by atoms with van der Waals surface area (Å²) in [5.41, 5.74) is 1.67. The highest BCUT2D eigenvalue weighted by Gasteiger charge is 2.51. The van der Waals surface area contributed by atoms with Crippen LogP contribution in [0.2, 0.25) is 10.0 Å². The molecule has 3 aromatic rings. The average Bonchev–Trinajstić information content (AvgIpc) is 3.10. The quantitative estimate of drug-likeness (QED) is 0.610. The van der Waals surface area contributed by atoms with Crippen molar-refractivity contribution in [2.75, 3.05) is 26.3 Å². The summed E-state index contributed by atoms with van der Waals surface area (Å²) in [5.74, 6) is -0.545. The molecule has 5 rings (SSSR count). The molecule has 8 nitrogen and oxygen atoms in total. The van der Waals surface area contributed by atoms with E-state index in [1.54, 1.807) is 29.3 Å². The zero-order valence-corrected chi connectivity index (χ0v) is 17.9. The van der Waals surface area contributed by atoms with E-state index in [1.165, 1.54) is 12.4 Å². The number of aromatic amines is 1. The molecule has 2 N–H and O–H groups in total. The van der Waals surface area contributed by atoms with Crippen molar-refractivity contribution >= 4 is 46.0 Å². The van der Waals surface area contributed by atoms with Crippen LogP contribution in [0.5, 0.6) is 0 Å². The van der Waals surface area contributed by atoms with Gasteiger partial charge in [-0.1, -0.05) is 23.2 Å². The Morgan fingerprint density at radius 3 is 2.77 bits per heavy atom. The Hall–Kier alpha value is -2.68. The molecule has 2 saturated heterocycles. The minimum atomic E-state index is -0.770. The molecule has 2 amide bonds. The smallest absolute Gasteiger partial charge is 0.268 e. The summed E-state index contributed by atoms with van der Waals surface area (Å²) in [4.78, 5) is 39.1. The van der Waals surface area contributed by atoms with Crippen LogP contribution in [-0.4, -0.2) is 64.0 Å². The maximum absolute atomic E-state index is 13.2. The molecule has 2 aliphatic rings. The van der Waals surface area contributed by atoms with E-state index >= 15 is 0 Å². The summed E-state index contributed by atoms with van der Waals surface area (Å²) < 4.78 is 5.29. The third kappa shape index (κ3) is 3.86. The molecule has 2 fully saturated rings. The van der Waals surface area contributed by atoms with Gasteiger partial charge in [0.05, 0.1) is 28.7 Å². The molecule has 0 radical (unpaired) electrons. The second kappa shape index (κ2) is 7.78. The molecule has 1 atom stereocenters. The van der Waals surface area contributed by atoms with Crippen molar-refractivity contribution in [3.63, 3.8) is 0 Å². The average molecular weight is 460 g/mol. The molecule has 5 heterocycles. The van der Waals surface area contributed by atoms with Crippen LogP contribution in [0.15, 0.2) is 36.8 Å². The fraction of sp³-hybridized carbons (Fsp3) is 0.333. The van der Waals surface area contributed by atoms with Gasteiger partial charge < -0.3 is 19.9 Å². The number of fused-ring (bicyclic) bond motifs is 1. The van der Waals surface area contributed by atoms with Crippen LogP contribution in [0, 0.1) is 5.41 Å². The van der Waals surface area contributed by atoms with Gasteiger partial charge in [0.15, 0.2) is 0 Å². The summed E-state index contributed by atoms with van der Waals surface area (Å²) in [7, 11) is 0. The number of H-pyrrole nitrogens is 1. The maximum atomic E-state index is 13.2. The molecule has 0 saturated carbocycles. The highest BCUT2D eigenvalue weighted by Crippen LogP contribution is 2.38. The third-order valence-corrected chi connectivity index (χ3v) is 6.29. The SMILES string of the molecule is O=C(NC(Cc1ccncc1Cl)C(=O)N1CC2(COC2)C1)c1cc2cc(Cl)cnc2[nH]1. The fourth-order valence-electron chi connectivity index (χ4n) is 4.05. The van der Waals surface area contributed by atoms with E-state index in [0.717, 1.165) is 5.56 Å². The first kappa shape index (κ1) is 20.2. The molecule has 1 spiro atoms. The number of nitrogens with one attached hydrogen (secondary N) is 2. The van der Waals surface area contributed by atoms with Gasteiger partial charge in [0, 0.05) is 43.5 Å². The first-order valence-electron chi connectivity index (χ1n) is 9.83. The minimum Gasteiger partial charge on any atom is -0.380 e. The highest BCUT2D eigenvalue weighted by atomic mass is 35.5. The Labute approximate surface area is 187 Å². The van der Waals surface area contributed by atoms with Crippen molar-refractivity contribution in [2.45, 2.75) is 12.5 Å². The highest BCUT2D eigenvalue weighted by molar-refractivity contribution is 6.31. The summed E-state index contributed by atoms with van der Waals surface area (Å²) in [6, 6.07) is 4.36. The number of carbonyl (C=O) groups excluding carboxylic acids is 2. The number of ether oxygens (including phenoxy) is 1. The lowest BCUT2D eigenvalue weighted by Gasteiger charge is -2.55. The summed E-state index contributed by atoms with van der Waals surface area (Å²) in [6.07, 6.45) is 4.90. The first-order chi connectivity index (χ1) is 14.9. The summed E-state index contributed by atoms with van der Waals surface area (Å²) in [5, 5.41) is 4.51. The molecule has 2 aliphatic heterocycles. The molecule has 0 bridgehead atoms. The molecular weight excluding hydrogens is 441 g/mol. The van der Waals surface area contributed by atoms with Crippen LogP contribution in [0.4, 0.5) is 0 Å². The van der Waals surface area contributed by atoms with Crippen LogP contribution in [-0.2, 0) is 16.0 Å². The van der Waals surface area contributed by atoms with Crippen LogP contribution in [0.25, 0.3) is 11.0 Å². The van der Waals surface area contributed by atoms with E-state index in [0.29, 0.717) is 53.1 Å². The van der Waals surface area contributed by atoms with Gasteiger partial charge in [-0.3, -0.25) is 14.6 Å². The van der Waals surface area contributed by atoms with Crippen LogP contribution in [0.1, 0.15) is 16.1 Å². The number of halogens is 2. The van der Waals surface area contributed by atoms with Crippen molar-refractivity contribution in [1.29, 1.82) is 0 Å². The number of nitrogens with zero attached hydrogens (tertiary/aromatic N) is 3.